The highest BCUT2D eigenvalue weighted by Gasteiger charge is 2.26. The molecule has 0 spiro atoms. The van der Waals surface area contributed by atoms with E-state index in [-0.39, 0.29) is 11.2 Å². The minimum Gasteiger partial charge on any atom is -0.316 e. The van der Waals surface area contributed by atoms with Gasteiger partial charge in [0.15, 0.2) is 5.16 Å². The molecule has 0 aliphatic heterocycles. The van der Waals surface area contributed by atoms with E-state index in [4.69, 9.17) is 0 Å². The van der Waals surface area contributed by atoms with Gasteiger partial charge in [0.25, 0.3) is 0 Å². The van der Waals surface area contributed by atoms with Crippen LogP contribution < -0.4 is 5.32 Å². The van der Waals surface area contributed by atoms with Gasteiger partial charge in [-0.15, -0.1) is 11.3 Å². The van der Waals surface area contributed by atoms with E-state index in [0.717, 1.165) is 34.7 Å². The Morgan fingerprint density at radius 2 is 1.97 bits per heavy atom. The average Bonchev–Trinajstić information content (AvgIpc) is 3.04. The van der Waals surface area contributed by atoms with E-state index in [0.29, 0.717) is 15.7 Å². The number of rotatable bonds is 4. The molecule has 2 heterocycles. The first-order chi connectivity index (χ1) is 14.0. The first-order valence-corrected chi connectivity index (χ1v) is 11.1. The summed E-state index contributed by atoms with van der Waals surface area (Å²) in [6.07, 6.45) is 1.74. The number of aryl methyl sites for hydroxylation is 3. The van der Waals surface area contributed by atoms with Gasteiger partial charge in [0.05, 0.1) is 10.8 Å². The molecule has 1 aromatic carbocycles. The summed E-state index contributed by atoms with van der Waals surface area (Å²) in [4.78, 5) is 22.7. The number of hydrogen-bond acceptors (Lipinski definition) is 6. The maximum Gasteiger partial charge on any atom is 0.238 e. The van der Waals surface area contributed by atoms with Crippen LogP contribution in [0.3, 0.4) is 0 Å². The van der Waals surface area contributed by atoms with Crippen molar-refractivity contribution in [3.8, 4) is 16.5 Å². The third-order valence-corrected chi connectivity index (χ3v) is 7.02. The standard InChI is InChI=1S/C22H20N4OS2/c1-12-10-13(2)25-22(24-12)28-14(3)20(27)26-21-18(11-23)17-9-8-15-6-4-5-7-16(15)19(17)29-21/h4-7,10,14H,8-9H2,1-3H3,(H,26,27). The molecule has 7 heteroatoms. The van der Waals surface area contributed by atoms with Crippen molar-refractivity contribution in [1.29, 1.82) is 5.26 Å². The molecule has 2 aromatic heterocycles. The number of thioether (sulfide) groups is 1. The van der Waals surface area contributed by atoms with Gasteiger partial charge in [0.1, 0.15) is 11.1 Å². The molecule has 0 radical (unpaired) electrons. The Balaban J connectivity index is 1.58. The van der Waals surface area contributed by atoms with Crippen molar-refractivity contribution in [3.63, 3.8) is 0 Å². The van der Waals surface area contributed by atoms with Gasteiger partial charge in [-0.25, -0.2) is 9.97 Å². The van der Waals surface area contributed by atoms with Gasteiger partial charge in [-0.2, -0.15) is 5.26 Å². The predicted molar refractivity (Wildman–Crippen MR) is 117 cm³/mol. The van der Waals surface area contributed by atoms with E-state index in [2.05, 4.69) is 33.5 Å². The lowest BCUT2D eigenvalue weighted by Crippen LogP contribution is -2.22. The Kier molecular flexibility index (Phi) is 5.39. The van der Waals surface area contributed by atoms with Gasteiger partial charge in [0, 0.05) is 16.3 Å². The Morgan fingerprint density at radius 3 is 2.69 bits per heavy atom. The average molecular weight is 421 g/mol. The summed E-state index contributed by atoms with van der Waals surface area (Å²) in [5.41, 5.74) is 5.85. The van der Waals surface area contributed by atoms with E-state index in [1.54, 1.807) is 0 Å². The number of aromatic nitrogens is 2. The highest BCUT2D eigenvalue weighted by Crippen LogP contribution is 2.44. The maximum absolute atomic E-state index is 12.8. The largest absolute Gasteiger partial charge is 0.316 e. The van der Waals surface area contributed by atoms with Crippen molar-refractivity contribution >= 4 is 34.0 Å². The normalized spacial score (nSPS) is 13.2. The minimum absolute atomic E-state index is 0.152. The molecule has 1 unspecified atom stereocenters. The highest BCUT2D eigenvalue weighted by molar-refractivity contribution is 8.00. The van der Waals surface area contributed by atoms with Gasteiger partial charge in [-0.3, -0.25) is 4.79 Å². The zero-order valence-corrected chi connectivity index (χ0v) is 18.1. The summed E-state index contributed by atoms with van der Waals surface area (Å²) in [5.74, 6) is -0.152. The number of anilines is 1. The molecule has 0 saturated carbocycles. The second-order valence-corrected chi connectivity index (χ2v) is 9.39. The fourth-order valence-corrected chi connectivity index (χ4v) is 5.66. The number of benzene rings is 1. The summed E-state index contributed by atoms with van der Waals surface area (Å²) >= 11 is 2.81. The fraction of sp³-hybridized carbons (Fsp3) is 0.273. The van der Waals surface area contributed by atoms with Crippen LogP contribution in [0.1, 0.15) is 35.0 Å². The van der Waals surface area contributed by atoms with Gasteiger partial charge in [-0.1, -0.05) is 36.0 Å². The van der Waals surface area contributed by atoms with Gasteiger partial charge >= 0.3 is 0 Å². The molecule has 29 heavy (non-hydrogen) atoms. The van der Waals surface area contributed by atoms with Gasteiger partial charge < -0.3 is 5.32 Å². The van der Waals surface area contributed by atoms with Crippen molar-refractivity contribution < 1.29 is 4.79 Å². The molecule has 5 nitrogen and oxygen atoms in total. The Labute approximate surface area is 178 Å². The van der Waals surface area contributed by atoms with Crippen molar-refractivity contribution in [2.45, 2.75) is 44.0 Å². The van der Waals surface area contributed by atoms with Crippen molar-refractivity contribution in [3.05, 3.63) is 58.4 Å². The number of nitrogens with zero attached hydrogens (tertiary/aromatic N) is 3. The topological polar surface area (TPSA) is 78.7 Å². The summed E-state index contributed by atoms with van der Waals surface area (Å²) in [7, 11) is 0. The van der Waals surface area contributed by atoms with Crippen LogP contribution in [0.25, 0.3) is 10.4 Å². The van der Waals surface area contributed by atoms with Crippen LogP contribution >= 0.6 is 23.1 Å². The van der Waals surface area contributed by atoms with E-state index in [1.807, 2.05) is 39.0 Å². The molecule has 1 aliphatic carbocycles. The molecule has 1 atom stereocenters. The number of thiophene rings is 1. The summed E-state index contributed by atoms with van der Waals surface area (Å²) in [6.45, 7) is 5.66. The Morgan fingerprint density at radius 1 is 1.24 bits per heavy atom. The van der Waals surface area contributed by atoms with Crippen LogP contribution in [0.2, 0.25) is 0 Å². The summed E-state index contributed by atoms with van der Waals surface area (Å²) in [5, 5.41) is 13.6. The Hall–Kier alpha value is -2.69. The second-order valence-electron chi connectivity index (χ2n) is 7.07. The number of nitriles is 1. The van der Waals surface area contributed by atoms with Crippen LogP contribution in [-0.4, -0.2) is 21.1 Å². The molecule has 1 N–H and O–H groups in total. The van der Waals surface area contributed by atoms with Crippen molar-refractivity contribution in [2.75, 3.05) is 5.32 Å². The van der Waals surface area contributed by atoms with Crippen LogP contribution in [0.5, 0.6) is 0 Å². The molecule has 0 fully saturated rings. The number of carbonyl (C=O) groups excluding carboxylic acids is 1. The van der Waals surface area contributed by atoms with Crippen LogP contribution in [0.4, 0.5) is 5.00 Å². The molecular formula is C22H20N4OS2. The third kappa shape index (κ3) is 3.91. The predicted octanol–water partition coefficient (Wildman–Crippen LogP) is 4.91. The van der Waals surface area contributed by atoms with E-state index < -0.39 is 0 Å². The molecule has 146 valence electrons. The van der Waals surface area contributed by atoms with Gasteiger partial charge in [0.2, 0.25) is 5.91 Å². The third-order valence-electron chi connectivity index (χ3n) is 4.88. The lowest BCUT2D eigenvalue weighted by molar-refractivity contribution is -0.115. The number of hydrogen-bond donors (Lipinski definition) is 1. The van der Waals surface area contributed by atoms with Crippen molar-refractivity contribution in [2.24, 2.45) is 0 Å². The van der Waals surface area contributed by atoms with E-state index >= 15 is 0 Å². The molecule has 1 amide bonds. The lowest BCUT2D eigenvalue weighted by Gasteiger charge is -2.15. The first kappa shape index (κ1) is 19.6. The quantitative estimate of drug-likeness (QED) is 0.479. The highest BCUT2D eigenvalue weighted by atomic mass is 32.2. The zero-order valence-electron chi connectivity index (χ0n) is 16.4. The molecular weight excluding hydrogens is 400 g/mol. The smallest absolute Gasteiger partial charge is 0.238 e. The first-order valence-electron chi connectivity index (χ1n) is 9.40. The number of carbonyl (C=O) groups is 1. The number of nitrogens with one attached hydrogen (secondary N) is 1. The number of amides is 1. The summed E-state index contributed by atoms with van der Waals surface area (Å²) in [6, 6.07) is 12.5. The molecule has 0 saturated heterocycles. The SMILES string of the molecule is Cc1cc(C)nc(SC(C)C(=O)Nc2sc3c(c2C#N)CCc2ccccc2-3)n1. The number of fused-ring (bicyclic) bond motifs is 3. The summed E-state index contributed by atoms with van der Waals surface area (Å²) < 4.78 is 0. The minimum atomic E-state index is -0.380. The second kappa shape index (κ2) is 7.97. The Bertz CT molecular complexity index is 1130. The molecule has 3 aromatic rings. The fourth-order valence-electron chi connectivity index (χ4n) is 3.52. The lowest BCUT2D eigenvalue weighted by atomic mass is 9.90. The van der Waals surface area contributed by atoms with Crippen LogP contribution in [0, 0.1) is 25.2 Å². The molecule has 1 aliphatic rings. The van der Waals surface area contributed by atoms with E-state index in [9.17, 15) is 10.1 Å². The monoisotopic (exact) mass is 420 g/mol. The van der Waals surface area contributed by atoms with Crippen LogP contribution in [-0.2, 0) is 17.6 Å². The molecule has 4 rings (SSSR count). The molecule has 0 bridgehead atoms. The maximum atomic E-state index is 12.8. The zero-order chi connectivity index (χ0) is 20.5. The van der Waals surface area contributed by atoms with E-state index in [1.165, 1.54) is 34.2 Å². The van der Waals surface area contributed by atoms with Crippen LogP contribution in [0.15, 0.2) is 35.5 Å². The van der Waals surface area contributed by atoms with Crippen molar-refractivity contribution in [1.82, 2.24) is 9.97 Å². The van der Waals surface area contributed by atoms with Gasteiger partial charge in [-0.05, 0) is 56.4 Å².